The minimum Gasteiger partial charge on any atom is -0.467 e. The van der Waals surface area contributed by atoms with Crippen LogP contribution in [0.25, 0.3) is 0 Å². The maximum absolute atomic E-state index is 11.9. The Morgan fingerprint density at radius 2 is 1.23 bits per heavy atom. The molecule has 35 heavy (non-hydrogen) atoms. The van der Waals surface area contributed by atoms with Gasteiger partial charge in [-0.3, -0.25) is 9.69 Å². The molecule has 0 saturated carbocycles. The number of imide groups is 1. The molecule has 3 amide bonds. The van der Waals surface area contributed by atoms with Crippen molar-refractivity contribution in [1.29, 1.82) is 0 Å². The standard InChI is InChI=1S/C12H19NO5.C12H21NO4/c1-12(2,3)18-11(16)13-8(10(15)17-4)6-5-7-9(13)14;1-12(2,3)17-11(15)13-8-6-5-7-9(13)10(14)16-4/h8H,5-7H2,1-4H3;9H,5-8H2,1-4H3/t8-;9-/m11/s1. The highest BCUT2D eigenvalue weighted by Crippen LogP contribution is 2.23. The summed E-state index contributed by atoms with van der Waals surface area (Å²) in [4.78, 5) is 61.1. The lowest BCUT2D eigenvalue weighted by molar-refractivity contribution is -0.154. The van der Waals surface area contributed by atoms with Gasteiger partial charge in [-0.15, -0.1) is 0 Å². The normalized spacial score (nSPS) is 20.7. The second kappa shape index (κ2) is 12.7. The Bertz CT molecular complexity index is 783. The van der Waals surface area contributed by atoms with Gasteiger partial charge in [0.1, 0.15) is 23.3 Å². The third-order valence-corrected chi connectivity index (χ3v) is 5.12. The number of hydrogen-bond donors (Lipinski definition) is 0. The summed E-state index contributed by atoms with van der Waals surface area (Å²) in [5.74, 6) is -1.35. The Hall–Kier alpha value is -2.85. The Labute approximate surface area is 207 Å². The third-order valence-electron chi connectivity index (χ3n) is 5.12. The number of rotatable bonds is 2. The largest absolute Gasteiger partial charge is 0.467 e. The summed E-state index contributed by atoms with van der Waals surface area (Å²) in [6.07, 6.45) is 2.47. The molecular formula is C24H40N2O9. The molecule has 0 radical (unpaired) electrons. The highest BCUT2D eigenvalue weighted by atomic mass is 16.6. The van der Waals surface area contributed by atoms with Gasteiger partial charge in [-0.1, -0.05) is 0 Å². The minimum absolute atomic E-state index is 0.243. The van der Waals surface area contributed by atoms with E-state index in [0.29, 0.717) is 25.8 Å². The zero-order chi connectivity index (χ0) is 27.0. The Balaban J connectivity index is 0.000000351. The molecule has 2 rings (SSSR count). The van der Waals surface area contributed by atoms with Crippen LogP contribution in [0.15, 0.2) is 0 Å². The number of esters is 2. The van der Waals surface area contributed by atoms with Crippen LogP contribution in [-0.2, 0) is 33.3 Å². The first-order valence-electron chi connectivity index (χ1n) is 11.8. The van der Waals surface area contributed by atoms with Gasteiger partial charge in [0.2, 0.25) is 5.91 Å². The number of hydrogen-bond acceptors (Lipinski definition) is 9. The highest BCUT2D eigenvalue weighted by Gasteiger charge is 2.40. The highest BCUT2D eigenvalue weighted by molar-refractivity contribution is 5.97. The zero-order valence-corrected chi connectivity index (χ0v) is 22.2. The first kappa shape index (κ1) is 30.2. The van der Waals surface area contributed by atoms with Gasteiger partial charge in [0.05, 0.1) is 14.2 Å². The van der Waals surface area contributed by atoms with Crippen molar-refractivity contribution in [2.75, 3.05) is 20.8 Å². The zero-order valence-electron chi connectivity index (χ0n) is 22.2. The van der Waals surface area contributed by atoms with Crippen LogP contribution in [0.4, 0.5) is 9.59 Å². The summed E-state index contributed by atoms with van der Waals surface area (Å²) in [5, 5.41) is 0. The van der Waals surface area contributed by atoms with Crippen molar-refractivity contribution in [2.24, 2.45) is 0 Å². The molecule has 0 N–H and O–H groups in total. The molecule has 11 nitrogen and oxygen atoms in total. The number of methoxy groups -OCH3 is 2. The summed E-state index contributed by atoms with van der Waals surface area (Å²) < 4.78 is 19.7. The average Bonchev–Trinajstić information content (AvgIpc) is 2.75. The fourth-order valence-corrected chi connectivity index (χ4v) is 3.62. The lowest BCUT2D eigenvalue weighted by atomic mass is 10.0. The number of ether oxygens (including phenoxy) is 4. The van der Waals surface area contributed by atoms with Crippen molar-refractivity contribution in [3.8, 4) is 0 Å². The Kier molecular flexibility index (Phi) is 11.0. The predicted molar refractivity (Wildman–Crippen MR) is 125 cm³/mol. The SMILES string of the molecule is COC(=O)[C@H]1CCCC(=O)N1C(=O)OC(C)(C)C.COC(=O)[C@H]1CCCCN1C(=O)OC(C)(C)C. The fraction of sp³-hybridized carbons (Fsp3) is 0.792. The van der Waals surface area contributed by atoms with Crippen LogP contribution in [0.3, 0.4) is 0 Å². The molecule has 0 unspecified atom stereocenters. The van der Waals surface area contributed by atoms with Gasteiger partial charge in [-0.25, -0.2) is 24.1 Å². The summed E-state index contributed by atoms with van der Waals surface area (Å²) in [6.45, 7) is 11.1. The summed E-state index contributed by atoms with van der Waals surface area (Å²) in [7, 11) is 2.57. The van der Waals surface area contributed by atoms with Crippen molar-refractivity contribution < 1.29 is 42.9 Å². The summed E-state index contributed by atoms with van der Waals surface area (Å²) >= 11 is 0. The number of piperidine rings is 2. The van der Waals surface area contributed by atoms with E-state index in [9.17, 15) is 24.0 Å². The van der Waals surface area contributed by atoms with Gasteiger partial charge >= 0.3 is 24.1 Å². The van der Waals surface area contributed by atoms with Gasteiger partial charge in [0, 0.05) is 13.0 Å². The molecule has 2 atom stereocenters. The molecule has 2 heterocycles. The van der Waals surface area contributed by atoms with E-state index in [4.69, 9.17) is 14.2 Å². The monoisotopic (exact) mass is 500 g/mol. The van der Waals surface area contributed by atoms with Crippen LogP contribution in [0.1, 0.15) is 80.1 Å². The first-order chi connectivity index (χ1) is 16.1. The molecule has 200 valence electrons. The van der Waals surface area contributed by atoms with E-state index < -0.39 is 47.3 Å². The summed E-state index contributed by atoms with van der Waals surface area (Å²) in [5.41, 5.74) is -1.26. The molecule has 0 aromatic carbocycles. The molecule has 0 bridgehead atoms. The number of amides is 3. The quantitative estimate of drug-likeness (QED) is 0.413. The number of nitrogens with zero attached hydrogens (tertiary/aromatic N) is 2. The van der Waals surface area contributed by atoms with Crippen molar-refractivity contribution in [2.45, 2.75) is 103 Å². The Morgan fingerprint density at radius 3 is 1.74 bits per heavy atom. The van der Waals surface area contributed by atoms with Crippen molar-refractivity contribution in [1.82, 2.24) is 9.80 Å². The number of likely N-dealkylation sites (tertiary alicyclic amines) is 2. The van der Waals surface area contributed by atoms with E-state index in [1.54, 1.807) is 20.8 Å². The topological polar surface area (TPSA) is 129 Å². The lowest BCUT2D eigenvalue weighted by Crippen LogP contribution is -2.52. The van der Waals surface area contributed by atoms with Crippen molar-refractivity contribution in [3.63, 3.8) is 0 Å². The molecule has 11 heteroatoms. The van der Waals surface area contributed by atoms with E-state index >= 15 is 0 Å². The van der Waals surface area contributed by atoms with E-state index in [-0.39, 0.29) is 12.4 Å². The molecule has 2 fully saturated rings. The maximum atomic E-state index is 11.9. The molecule has 0 aromatic heterocycles. The number of carbonyl (C=O) groups excluding carboxylic acids is 5. The van der Waals surface area contributed by atoms with Gasteiger partial charge in [-0.05, 0) is 73.6 Å². The van der Waals surface area contributed by atoms with Crippen LogP contribution in [0.2, 0.25) is 0 Å². The van der Waals surface area contributed by atoms with Gasteiger partial charge in [0.25, 0.3) is 0 Å². The lowest BCUT2D eigenvalue weighted by Gasteiger charge is -2.34. The summed E-state index contributed by atoms with van der Waals surface area (Å²) in [6, 6.07) is -1.37. The minimum atomic E-state index is -0.869. The van der Waals surface area contributed by atoms with E-state index in [1.165, 1.54) is 19.1 Å². The van der Waals surface area contributed by atoms with Gasteiger partial charge in [-0.2, -0.15) is 0 Å². The second-order valence-corrected chi connectivity index (χ2v) is 10.4. The predicted octanol–water partition coefficient (Wildman–Crippen LogP) is 3.42. The molecule has 0 aromatic rings. The second-order valence-electron chi connectivity index (χ2n) is 10.4. The molecule has 2 aliphatic heterocycles. The van der Waals surface area contributed by atoms with Crippen LogP contribution in [-0.4, -0.2) is 83.9 Å². The van der Waals surface area contributed by atoms with E-state index in [2.05, 4.69) is 4.74 Å². The molecule has 0 spiro atoms. The van der Waals surface area contributed by atoms with Crippen LogP contribution < -0.4 is 0 Å². The molecule has 0 aliphatic carbocycles. The van der Waals surface area contributed by atoms with E-state index in [0.717, 1.165) is 17.7 Å². The molecule has 2 saturated heterocycles. The van der Waals surface area contributed by atoms with Crippen molar-refractivity contribution >= 4 is 30.0 Å². The van der Waals surface area contributed by atoms with Crippen molar-refractivity contribution in [3.05, 3.63) is 0 Å². The smallest absolute Gasteiger partial charge is 0.417 e. The maximum Gasteiger partial charge on any atom is 0.417 e. The van der Waals surface area contributed by atoms with Gasteiger partial charge < -0.3 is 18.9 Å². The third kappa shape index (κ3) is 9.73. The van der Waals surface area contributed by atoms with Crippen LogP contribution >= 0.6 is 0 Å². The Morgan fingerprint density at radius 1 is 0.743 bits per heavy atom. The van der Waals surface area contributed by atoms with Crippen LogP contribution in [0, 0.1) is 0 Å². The van der Waals surface area contributed by atoms with Gasteiger partial charge in [0.15, 0.2) is 0 Å². The molecular weight excluding hydrogens is 460 g/mol. The average molecular weight is 501 g/mol. The first-order valence-corrected chi connectivity index (χ1v) is 11.8. The van der Waals surface area contributed by atoms with Crippen LogP contribution in [0.5, 0.6) is 0 Å². The molecule has 2 aliphatic rings. The fourth-order valence-electron chi connectivity index (χ4n) is 3.62. The number of carbonyl (C=O) groups is 5. The van der Waals surface area contributed by atoms with E-state index in [1.807, 2.05) is 20.8 Å².